The molecule has 42 heavy (non-hydrogen) atoms. The highest BCUT2D eigenvalue weighted by atomic mass is 16.5. The van der Waals surface area contributed by atoms with Crippen LogP contribution in [-0.4, -0.2) is 34.7 Å². The summed E-state index contributed by atoms with van der Waals surface area (Å²) in [4.78, 5) is 25.5. The number of benzene rings is 4. The number of hydrogen-bond acceptors (Lipinski definition) is 4. The second kappa shape index (κ2) is 11.8. The molecular weight excluding hydrogens is 524 g/mol. The van der Waals surface area contributed by atoms with Gasteiger partial charge >= 0.3 is 5.97 Å². The Hall–Kier alpha value is -5.10. The van der Waals surface area contributed by atoms with E-state index in [1.165, 1.54) is 7.11 Å². The number of fused-ring (bicyclic) bond motifs is 2. The van der Waals surface area contributed by atoms with Crippen molar-refractivity contribution in [1.29, 1.82) is 0 Å². The van der Waals surface area contributed by atoms with Gasteiger partial charge in [0.1, 0.15) is 5.75 Å². The normalized spacial score (nSPS) is 11.2. The Kier molecular flexibility index (Phi) is 7.60. The number of unbranched alkanes of at least 4 members (excludes halogenated alkanes) is 1. The fourth-order valence-electron chi connectivity index (χ4n) is 5.26. The Morgan fingerprint density at radius 2 is 1.45 bits per heavy atom. The summed E-state index contributed by atoms with van der Waals surface area (Å²) in [6.45, 7) is 3.43. The maximum absolute atomic E-state index is 13.5. The van der Waals surface area contributed by atoms with Crippen molar-refractivity contribution in [2.75, 3.05) is 13.7 Å². The molecule has 0 N–H and O–H groups in total. The van der Waals surface area contributed by atoms with Gasteiger partial charge in [-0.1, -0.05) is 49.7 Å². The number of methoxy groups -OCH3 is 1. The van der Waals surface area contributed by atoms with Crippen LogP contribution in [0.5, 0.6) is 5.75 Å². The number of carbonyl (C=O) groups is 2. The Morgan fingerprint density at radius 1 is 0.738 bits per heavy atom. The van der Waals surface area contributed by atoms with Crippen molar-refractivity contribution < 1.29 is 19.1 Å². The van der Waals surface area contributed by atoms with Crippen LogP contribution in [0.3, 0.4) is 0 Å². The van der Waals surface area contributed by atoms with Gasteiger partial charge in [-0.25, -0.2) is 4.79 Å². The summed E-state index contributed by atoms with van der Waals surface area (Å²) in [5.41, 5.74) is 6.18. The van der Waals surface area contributed by atoms with E-state index in [0.29, 0.717) is 24.3 Å². The molecule has 0 spiro atoms. The van der Waals surface area contributed by atoms with Gasteiger partial charge in [-0.3, -0.25) is 9.36 Å². The summed E-state index contributed by atoms with van der Waals surface area (Å²) in [6.07, 6.45) is 5.97. The minimum absolute atomic E-state index is 0.0826. The fraction of sp³-hybridized carbons (Fsp3) is 0.167. The minimum atomic E-state index is -0.344. The van der Waals surface area contributed by atoms with Gasteiger partial charge < -0.3 is 14.0 Å². The van der Waals surface area contributed by atoms with Crippen molar-refractivity contribution in [1.82, 2.24) is 9.13 Å². The predicted molar refractivity (Wildman–Crippen MR) is 166 cm³/mol. The molecule has 0 saturated carbocycles. The van der Waals surface area contributed by atoms with Gasteiger partial charge in [0.25, 0.3) is 5.91 Å². The maximum Gasteiger partial charge on any atom is 0.337 e. The van der Waals surface area contributed by atoms with Crippen LogP contribution >= 0.6 is 0 Å². The number of ether oxygens (including phenoxy) is 2. The molecule has 0 bridgehead atoms. The lowest BCUT2D eigenvalue weighted by molar-refractivity contribution is 0.0600. The molecule has 0 aliphatic carbocycles. The molecule has 0 fully saturated rings. The number of rotatable bonds is 9. The van der Waals surface area contributed by atoms with Crippen LogP contribution in [0.2, 0.25) is 0 Å². The van der Waals surface area contributed by atoms with Crippen LogP contribution in [0.1, 0.15) is 46.0 Å². The summed E-state index contributed by atoms with van der Waals surface area (Å²) in [7, 11) is 1.39. The third kappa shape index (κ3) is 5.44. The van der Waals surface area contributed by atoms with Gasteiger partial charge in [0, 0.05) is 35.4 Å². The first-order valence-electron chi connectivity index (χ1n) is 14.2. The van der Waals surface area contributed by atoms with E-state index in [0.717, 1.165) is 57.1 Å². The molecule has 6 aromatic rings. The van der Waals surface area contributed by atoms with E-state index in [2.05, 4.69) is 60.2 Å². The molecule has 6 rings (SSSR count). The molecular formula is C36H32N2O4. The zero-order valence-electron chi connectivity index (χ0n) is 23.7. The molecule has 210 valence electrons. The SMILES string of the molecule is CCCCOc1ccc(C(=O)n2ccc3ccc(-c4ccc5ccn(Cc6cccc(C(=O)OC)c6)c5c4)cc32)cc1. The van der Waals surface area contributed by atoms with Gasteiger partial charge in [-0.15, -0.1) is 0 Å². The summed E-state index contributed by atoms with van der Waals surface area (Å²) >= 11 is 0. The first-order chi connectivity index (χ1) is 20.5. The molecule has 0 atom stereocenters. The van der Waals surface area contributed by atoms with Crippen molar-refractivity contribution in [2.45, 2.75) is 26.3 Å². The second-order valence-electron chi connectivity index (χ2n) is 10.4. The van der Waals surface area contributed by atoms with Crippen LogP contribution in [-0.2, 0) is 11.3 Å². The Morgan fingerprint density at radius 3 is 2.19 bits per heavy atom. The lowest BCUT2D eigenvalue weighted by atomic mass is 10.0. The molecule has 0 amide bonds. The standard InChI is InChI=1S/C36H32N2O4/c1-3-4-20-42-32-14-12-28(13-15-32)35(39)38-19-17-27-9-11-30(23-34(27)38)29-10-8-26-16-18-37(33(26)22-29)24-25-6-5-7-31(21-25)36(40)41-2/h5-19,21-23H,3-4,20,24H2,1-2H3. The van der Waals surface area contributed by atoms with Crippen LogP contribution in [0.4, 0.5) is 0 Å². The zero-order chi connectivity index (χ0) is 29.1. The summed E-state index contributed by atoms with van der Waals surface area (Å²) in [5, 5.41) is 2.13. The number of esters is 1. The highest BCUT2D eigenvalue weighted by Gasteiger charge is 2.14. The number of nitrogens with zero attached hydrogens (tertiary/aromatic N) is 2. The van der Waals surface area contributed by atoms with E-state index in [9.17, 15) is 9.59 Å². The van der Waals surface area contributed by atoms with Gasteiger partial charge in [-0.2, -0.15) is 0 Å². The van der Waals surface area contributed by atoms with E-state index in [-0.39, 0.29) is 11.9 Å². The lowest BCUT2D eigenvalue weighted by Gasteiger charge is -2.10. The molecule has 2 heterocycles. The van der Waals surface area contributed by atoms with E-state index in [4.69, 9.17) is 9.47 Å². The molecule has 0 aliphatic heterocycles. The molecule has 6 nitrogen and oxygen atoms in total. The first-order valence-corrected chi connectivity index (χ1v) is 14.2. The van der Waals surface area contributed by atoms with Gasteiger partial charge in [0.2, 0.25) is 0 Å². The third-order valence-corrected chi connectivity index (χ3v) is 7.59. The summed E-state index contributed by atoms with van der Waals surface area (Å²) < 4.78 is 14.5. The van der Waals surface area contributed by atoms with E-state index >= 15 is 0 Å². The maximum atomic E-state index is 13.5. The third-order valence-electron chi connectivity index (χ3n) is 7.59. The van der Waals surface area contributed by atoms with Gasteiger partial charge in [0.15, 0.2) is 0 Å². The van der Waals surface area contributed by atoms with Crippen molar-refractivity contribution in [2.24, 2.45) is 0 Å². The van der Waals surface area contributed by atoms with E-state index < -0.39 is 0 Å². The topological polar surface area (TPSA) is 62.5 Å². The number of aromatic nitrogens is 2. The average molecular weight is 557 g/mol. The largest absolute Gasteiger partial charge is 0.494 e. The highest BCUT2D eigenvalue weighted by Crippen LogP contribution is 2.29. The first kappa shape index (κ1) is 27.1. The molecule has 6 heteroatoms. The monoisotopic (exact) mass is 556 g/mol. The number of hydrogen-bond donors (Lipinski definition) is 0. The van der Waals surface area contributed by atoms with E-state index in [1.54, 1.807) is 10.6 Å². The molecule has 0 unspecified atom stereocenters. The van der Waals surface area contributed by atoms with Crippen LogP contribution < -0.4 is 4.74 Å². The summed E-state index contributed by atoms with van der Waals surface area (Å²) in [5.74, 6) is 0.348. The molecule has 0 saturated heterocycles. The fourth-order valence-corrected chi connectivity index (χ4v) is 5.26. The molecule has 0 radical (unpaired) electrons. The molecule has 2 aromatic heterocycles. The van der Waals surface area contributed by atoms with Crippen molar-refractivity contribution >= 4 is 33.7 Å². The van der Waals surface area contributed by atoms with Crippen molar-refractivity contribution in [3.05, 3.63) is 126 Å². The van der Waals surface area contributed by atoms with Gasteiger partial charge in [-0.05, 0) is 89.2 Å². The van der Waals surface area contributed by atoms with Gasteiger partial charge in [0.05, 0.1) is 24.8 Å². The van der Waals surface area contributed by atoms with Crippen molar-refractivity contribution in [3.63, 3.8) is 0 Å². The smallest absolute Gasteiger partial charge is 0.337 e. The average Bonchev–Trinajstić information content (AvgIpc) is 3.64. The van der Waals surface area contributed by atoms with Crippen LogP contribution in [0.25, 0.3) is 32.9 Å². The Balaban J connectivity index is 1.28. The van der Waals surface area contributed by atoms with Crippen LogP contribution in [0.15, 0.2) is 109 Å². The lowest BCUT2D eigenvalue weighted by Crippen LogP contribution is -2.10. The Bertz CT molecular complexity index is 1900. The van der Waals surface area contributed by atoms with E-state index in [1.807, 2.05) is 54.7 Å². The van der Waals surface area contributed by atoms with Crippen molar-refractivity contribution in [3.8, 4) is 16.9 Å². The second-order valence-corrected chi connectivity index (χ2v) is 10.4. The highest BCUT2D eigenvalue weighted by molar-refractivity contribution is 6.03. The molecule has 4 aromatic carbocycles. The van der Waals surface area contributed by atoms with Crippen LogP contribution in [0, 0.1) is 0 Å². The predicted octanol–water partition coefficient (Wildman–Crippen LogP) is 7.97. The Labute approximate surface area is 244 Å². The molecule has 0 aliphatic rings. The minimum Gasteiger partial charge on any atom is -0.494 e. The zero-order valence-corrected chi connectivity index (χ0v) is 23.7. The quantitative estimate of drug-likeness (QED) is 0.134. The number of carbonyl (C=O) groups excluding carboxylic acids is 2. The summed E-state index contributed by atoms with van der Waals surface area (Å²) in [6, 6.07) is 31.6.